The highest BCUT2D eigenvalue weighted by atomic mass is 35.5. The summed E-state index contributed by atoms with van der Waals surface area (Å²) in [5, 5.41) is 0.313. The smallest absolute Gasteiger partial charge is 0.414 e. The number of halogens is 1. The van der Waals surface area contributed by atoms with Gasteiger partial charge in [0.15, 0.2) is 0 Å². The van der Waals surface area contributed by atoms with Gasteiger partial charge in [-0.05, 0) is 36.4 Å². The largest absolute Gasteiger partial charge is 0.447 e. The molecule has 0 bridgehead atoms. The van der Waals surface area contributed by atoms with E-state index in [1.165, 1.54) is 17.0 Å². The number of hydrogen-bond donors (Lipinski definition) is 1. The number of cyclic esters (lactones) is 1. The van der Waals surface area contributed by atoms with Crippen molar-refractivity contribution in [1.29, 1.82) is 0 Å². The number of para-hydroxylation sites is 1. The first-order chi connectivity index (χ1) is 11.0. The lowest BCUT2D eigenvalue weighted by Gasteiger charge is -2.14. The summed E-state index contributed by atoms with van der Waals surface area (Å²) in [7, 11) is -3.76. The van der Waals surface area contributed by atoms with Crippen molar-refractivity contribution in [3.63, 3.8) is 0 Å². The highest BCUT2D eigenvalue weighted by Gasteiger charge is 2.24. The summed E-state index contributed by atoms with van der Waals surface area (Å²) in [6.45, 7) is 0.774. The van der Waals surface area contributed by atoms with Crippen LogP contribution in [0, 0.1) is 0 Å². The first-order valence-electron chi connectivity index (χ1n) is 6.79. The second kappa shape index (κ2) is 6.10. The maximum absolute atomic E-state index is 12.4. The van der Waals surface area contributed by atoms with Crippen LogP contribution in [0.2, 0.25) is 5.02 Å². The fourth-order valence-corrected chi connectivity index (χ4v) is 3.50. The van der Waals surface area contributed by atoms with Crippen molar-refractivity contribution in [2.24, 2.45) is 0 Å². The average molecular weight is 353 g/mol. The number of carbonyl (C=O) groups is 1. The fraction of sp³-hybridized carbons (Fsp3) is 0.133. The molecule has 1 amide bonds. The van der Waals surface area contributed by atoms with Crippen LogP contribution in [0.4, 0.5) is 16.2 Å². The average Bonchev–Trinajstić information content (AvgIpc) is 2.96. The highest BCUT2D eigenvalue weighted by molar-refractivity contribution is 7.92. The predicted molar refractivity (Wildman–Crippen MR) is 87.4 cm³/mol. The molecule has 1 aliphatic heterocycles. The summed E-state index contributed by atoms with van der Waals surface area (Å²) in [6.07, 6.45) is -0.435. The summed E-state index contributed by atoms with van der Waals surface area (Å²) < 4.78 is 32.0. The van der Waals surface area contributed by atoms with Crippen LogP contribution in [-0.2, 0) is 14.8 Å². The Morgan fingerprint density at radius 1 is 1.09 bits per heavy atom. The molecule has 1 aliphatic rings. The van der Waals surface area contributed by atoms with Gasteiger partial charge in [0.05, 0.1) is 22.2 Å². The van der Waals surface area contributed by atoms with E-state index in [1.807, 2.05) is 0 Å². The summed E-state index contributed by atoms with van der Waals surface area (Å²) in [5.41, 5.74) is 0.894. The van der Waals surface area contributed by atoms with Crippen LogP contribution in [0.25, 0.3) is 0 Å². The Balaban J connectivity index is 1.83. The number of nitrogens with zero attached hydrogens (tertiary/aromatic N) is 1. The van der Waals surface area contributed by atoms with Gasteiger partial charge in [0.25, 0.3) is 10.0 Å². The Hall–Kier alpha value is -2.25. The molecule has 8 heteroatoms. The van der Waals surface area contributed by atoms with Gasteiger partial charge < -0.3 is 4.74 Å². The molecule has 0 aliphatic carbocycles. The van der Waals surface area contributed by atoms with Gasteiger partial charge in [0.1, 0.15) is 6.61 Å². The van der Waals surface area contributed by atoms with Crippen molar-refractivity contribution < 1.29 is 17.9 Å². The number of carbonyl (C=O) groups excluding carboxylic acids is 1. The lowest BCUT2D eigenvalue weighted by molar-refractivity contribution is 0.181. The molecule has 0 radical (unpaired) electrons. The molecule has 23 heavy (non-hydrogen) atoms. The van der Waals surface area contributed by atoms with Crippen molar-refractivity contribution in [1.82, 2.24) is 0 Å². The zero-order chi connectivity index (χ0) is 16.4. The number of sulfonamides is 1. The fourth-order valence-electron chi connectivity index (χ4n) is 2.18. The first kappa shape index (κ1) is 15.6. The Morgan fingerprint density at radius 3 is 2.39 bits per heavy atom. The van der Waals surface area contributed by atoms with Crippen LogP contribution in [-0.4, -0.2) is 27.7 Å². The van der Waals surface area contributed by atoms with E-state index in [0.717, 1.165) is 0 Å². The molecule has 2 aromatic rings. The van der Waals surface area contributed by atoms with Gasteiger partial charge in [0, 0.05) is 5.69 Å². The van der Waals surface area contributed by atoms with Crippen LogP contribution in [0.5, 0.6) is 0 Å². The molecular weight excluding hydrogens is 340 g/mol. The molecule has 1 N–H and O–H groups in total. The van der Waals surface area contributed by atoms with Gasteiger partial charge in [0.2, 0.25) is 0 Å². The number of nitrogens with one attached hydrogen (secondary N) is 1. The molecule has 0 saturated carbocycles. The molecule has 2 aromatic carbocycles. The second-order valence-corrected chi connectivity index (χ2v) is 6.93. The summed E-state index contributed by atoms with van der Waals surface area (Å²) in [5.74, 6) is 0. The standard InChI is InChI=1S/C15H13ClN2O4S/c16-13-3-1-2-4-14(13)17-23(20,21)12-7-5-11(6-8-12)18-9-10-22-15(18)19/h1-8,17H,9-10H2. The molecule has 1 fully saturated rings. The van der Waals surface area contributed by atoms with E-state index in [0.29, 0.717) is 29.5 Å². The minimum atomic E-state index is -3.76. The monoisotopic (exact) mass is 352 g/mol. The van der Waals surface area contributed by atoms with E-state index >= 15 is 0 Å². The predicted octanol–water partition coefficient (Wildman–Crippen LogP) is 3.10. The zero-order valence-corrected chi connectivity index (χ0v) is 13.5. The van der Waals surface area contributed by atoms with E-state index in [-0.39, 0.29) is 4.90 Å². The van der Waals surface area contributed by atoms with Crippen molar-refractivity contribution in [3.05, 3.63) is 53.6 Å². The Bertz CT molecular complexity index is 837. The Kier molecular flexibility index (Phi) is 4.14. The summed E-state index contributed by atoms with van der Waals surface area (Å²) in [6, 6.07) is 12.6. The summed E-state index contributed by atoms with van der Waals surface area (Å²) in [4.78, 5) is 13.0. The molecule has 1 heterocycles. The van der Waals surface area contributed by atoms with Crippen molar-refractivity contribution in [2.45, 2.75) is 4.90 Å². The molecule has 0 atom stereocenters. The number of anilines is 2. The van der Waals surface area contributed by atoms with E-state index in [4.69, 9.17) is 16.3 Å². The zero-order valence-electron chi connectivity index (χ0n) is 11.9. The third kappa shape index (κ3) is 3.25. The normalized spacial score (nSPS) is 14.7. The van der Waals surface area contributed by atoms with E-state index in [9.17, 15) is 13.2 Å². The van der Waals surface area contributed by atoms with Crippen molar-refractivity contribution >= 4 is 39.1 Å². The van der Waals surface area contributed by atoms with Crippen molar-refractivity contribution in [3.8, 4) is 0 Å². The molecule has 3 rings (SSSR count). The molecule has 120 valence electrons. The molecular formula is C15H13ClN2O4S. The first-order valence-corrected chi connectivity index (χ1v) is 8.65. The lowest BCUT2D eigenvalue weighted by atomic mass is 10.3. The van der Waals surface area contributed by atoms with Crippen LogP contribution >= 0.6 is 11.6 Å². The summed E-state index contributed by atoms with van der Waals surface area (Å²) >= 11 is 5.96. The maximum Gasteiger partial charge on any atom is 0.414 e. The topological polar surface area (TPSA) is 75.7 Å². The van der Waals surface area contributed by atoms with Crippen LogP contribution in [0.3, 0.4) is 0 Å². The molecule has 0 unspecified atom stereocenters. The molecule has 6 nitrogen and oxygen atoms in total. The number of rotatable bonds is 4. The van der Waals surface area contributed by atoms with E-state index in [2.05, 4.69) is 4.72 Å². The lowest BCUT2D eigenvalue weighted by Crippen LogP contribution is -2.23. The highest BCUT2D eigenvalue weighted by Crippen LogP contribution is 2.25. The van der Waals surface area contributed by atoms with Gasteiger partial charge in [-0.1, -0.05) is 23.7 Å². The SMILES string of the molecule is O=C1OCCN1c1ccc(S(=O)(=O)Nc2ccccc2Cl)cc1. The Morgan fingerprint density at radius 2 is 1.78 bits per heavy atom. The number of amides is 1. The minimum absolute atomic E-state index is 0.0775. The minimum Gasteiger partial charge on any atom is -0.447 e. The molecule has 0 spiro atoms. The van der Waals surface area contributed by atoms with Crippen LogP contribution < -0.4 is 9.62 Å². The Labute approximate surface area is 138 Å². The van der Waals surface area contributed by atoms with Crippen molar-refractivity contribution in [2.75, 3.05) is 22.8 Å². The van der Waals surface area contributed by atoms with E-state index < -0.39 is 16.1 Å². The van der Waals surface area contributed by atoms with Gasteiger partial charge in [-0.15, -0.1) is 0 Å². The number of benzene rings is 2. The van der Waals surface area contributed by atoms with Gasteiger partial charge in [-0.3, -0.25) is 9.62 Å². The third-order valence-corrected chi connectivity index (χ3v) is 5.05. The van der Waals surface area contributed by atoms with Gasteiger partial charge >= 0.3 is 6.09 Å². The second-order valence-electron chi connectivity index (χ2n) is 4.85. The number of hydrogen-bond acceptors (Lipinski definition) is 4. The number of ether oxygens (including phenoxy) is 1. The quantitative estimate of drug-likeness (QED) is 0.917. The maximum atomic E-state index is 12.4. The van der Waals surface area contributed by atoms with E-state index in [1.54, 1.807) is 36.4 Å². The van der Waals surface area contributed by atoms with Gasteiger partial charge in [-0.25, -0.2) is 13.2 Å². The molecule has 1 saturated heterocycles. The molecule has 0 aromatic heterocycles. The van der Waals surface area contributed by atoms with Crippen LogP contribution in [0.15, 0.2) is 53.4 Å². The van der Waals surface area contributed by atoms with Gasteiger partial charge in [-0.2, -0.15) is 0 Å². The van der Waals surface area contributed by atoms with Crippen LogP contribution in [0.1, 0.15) is 0 Å². The third-order valence-electron chi connectivity index (χ3n) is 3.34.